The van der Waals surface area contributed by atoms with Crippen LogP contribution in [0.4, 0.5) is 5.82 Å². The Morgan fingerprint density at radius 3 is 3.04 bits per heavy atom. The van der Waals surface area contributed by atoms with E-state index in [4.69, 9.17) is 14.5 Å². The first-order valence-corrected chi connectivity index (χ1v) is 8.55. The van der Waals surface area contributed by atoms with E-state index in [9.17, 15) is 0 Å². The molecule has 0 unspecified atom stereocenters. The maximum absolute atomic E-state index is 5.98. The zero-order chi connectivity index (χ0) is 16.5. The second kappa shape index (κ2) is 6.40. The first-order valence-electron chi connectivity index (χ1n) is 8.55. The van der Waals surface area contributed by atoms with Gasteiger partial charge in [-0.15, -0.1) is 0 Å². The number of hydrogen-bond acceptors (Lipinski definition) is 5. The number of rotatable bonds is 3. The quantitative estimate of drug-likeness (QED) is 0.868. The number of fused-ring (bicyclic) bond motifs is 2. The molecule has 0 radical (unpaired) electrons. The molecule has 4 rings (SSSR count). The van der Waals surface area contributed by atoms with Crippen molar-refractivity contribution in [2.24, 2.45) is 5.92 Å². The Bertz CT molecular complexity index is 747. The second-order valence-electron chi connectivity index (χ2n) is 6.65. The molecule has 1 fully saturated rings. The number of hydrogen-bond donors (Lipinski definition) is 0. The average molecular weight is 325 g/mol. The van der Waals surface area contributed by atoms with Gasteiger partial charge in [0.05, 0.1) is 12.3 Å². The van der Waals surface area contributed by atoms with E-state index in [2.05, 4.69) is 22.0 Å². The van der Waals surface area contributed by atoms with Gasteiger partial charge in [-0.3, -0.25) is 0 Å². The SMILES string of the molecule is COC[C@@H]1CCN(c2nc(C)nc3c2Cc2ccccc2OC3)C1. The Labute approximate surface area is 142 Å². The van der Waals surface area contributed by atoms with Crippen molar-refractivity contribution in [1.82, 2.24) is 9.97 Å². The molecule has 5 heteroatoms. The van der Waals surface area contributed by atoms with Gasteiger partial charge in [-0.1, -0.05) is 18.2 Å². The minimum Gasteiger partial charge on any atom is -0.487 e. The van der Waals surface area contributed by atoms with Gasteiger partial charge < -0.3 is 14.4 Å². The molecule has 1 aromatic carbocycles. The van der Waals surface area contributed by atoms with Gasteiger partial charge in [0.2, 0.25) is 0 Å². The van der Waals surface area contributed by atoms with E-state index in [1.165, 1.54) is 11.1 Å². The summed E-state index contributed by atoms with van der Waals surface area (Å²) < 4.78 is 11.3. The summed E-state index contributed by atoms with van der Waals surface area (Å²) in [6.07, 6.45) is 1.98. The number of aromatic nitrogens is 2. The largest absolute Gasteiger partial charge is 0.487 e. The van der Waals surface area contributed by atoms with E-state index in [1.807, 2.05) is 19.1 Å². The van der Waals surface area contributed by atoms with Crippen LogP contribution in [-0.2, 0) is 17.8 Å². The summed E-state index contributed by atoms with van der Waals surface area (Å²) in [5, 5.41) is 0. The number of methoxy groups -OCH3 is 1. The zero-order valence-electron chi connectivity index (χ0n) is 14.3. The molecule has 24 heavy (non-hydrogen) atoms. The van der Waals surface area contributed by atoms with Gasteiger partial charge >= 0.3 is 0 Å². The molecular formula is C19H23N3O2. The van der Waals surface area contributed by atoms with Gasteiger partial charge in [-0.2, -0.15) is 0 Å². The molecule has 2 aromatic rings. The van der Waals surface area contributed by atoms with Crippen molar-refractivity contribution in [3.05, 3.63) is 46.9 Å². The molecule has 0 saturated carbocycles. The summed E-state index contributed by atoms with van der Waals surface area (Å²) in [5.41, 5.74) is 3.44. The van der Waals surface area contributed by atoms with Crippen molar-refractivity contribution in [1.29, 1.82) is 0 Å². The van der Waals surface area contributed by atoms with E-state index in [1.54, 1.807) is 7.11 Å². The first kappa shape index (κ1) is 15.4. The third-order valence-electron chi connectivity index (χ3n) is 4.87. The Morgan fingerprint density at radius 1 is 1.29 bits per heavy atom. The number of aryl methyl sites for hydroxylation is 1. The highest BCUT2D eigenvalue weighted by Gasteiger charge is 2.28. The molecule has 3 heterocycles. The third kappa shape index (κ3) is 2.84. The van der Waals surface area contributed by atoms with E-state index in [0.717, 1.165) is 55.6 Å². The lowest BCUT2D eigenvalue weighted by molar-refractivity contribution is 0.161. The molecule has 2 aliphatic heterocycles. The van der Waals surface area contributed by atoms with E-state index in [-0.39, 0.29) is 0 Å². The maximum Gasteiger partial charge on any atom is 0.136 e. The van der Waals surface area contributed by atoms with Crippen LogP contribution in [0.5, 0.6) is 5.75 Å². The number of benzene rings is 1. The van der Waals surface area contributed by atoms with Crippen LogP contribution < -0.4 is 9.64 Å². The molecule has 0 spiro atoms. The Morgan fingerprint density at radius 2 is 2.17 bits per heavy atom. The smallest absolute Gasteiger partial charge is 0.136 e. The summed E-state index contributed by atoms with van der Waals surface area (Å²) in [5.74, 6) is 3.43. The lowest BCUT2D eigenvalue weighted by atomic mass is 10.0. The van der Waals surface area contributed by atoms with Crippen molar-refractivity contribution in [2.75, 3.05) is 31.7 Å². The monoisotopic (exact) mass is 325 g/mol. The Kier molecular flexibility index (Phi) is 4.10. The van der Waals surface area contributed by atoms with Crippen molar-refractivity contribution in [2.45, 2.75) is 26.4 Å². The highest BCUT2D eigenvalue weighted by Crippen LogP contribution is 2.34. The standard InChI is InChI=1S/C19H23N3O2/c1-13-20-17-12-24-18-6-4-3-5-15(18)9-16(17)19(21-13)22-8-7-14(10-22)11-23-2/h3-6,14H,7-12H2,1-2H3/t14-/m1/s1. The molecule has 0 aliphatic carbocycles. The molecule has 1 saturated heterocycles. The zero-order valence-corrected chi connectivity index (χ0v) is 14.3. The van der Waals surface area contributed by atoms with Crippen LogP contribution in [-0.4, -0.2) is 36.8 Å². The van der Waals surface area contributed by atoms with Crippen molar-refractivity contribution < 1.29 is 9.47 Å². The maximum atomic E-state index is 5.98. The van der Waals surface area contributed by atoms with Gasteiger partial charge in [0.15, 0.2) is 0 Å². The number of nitrogens with zero attached hydrogens (tertiary/aromatic N) is 3. The van der Waals surface area contributed by atoms with Crippen LogP contribution in [0.15, 0.2) is 24.3 Å². The van der Waals surface area contributed by atoms with Crippen LogP contribution >= 0.6 is 0 Å². The van der Waals surface area contributed by atoms with Crippen molar-refractivity contribution in [3.63, 3.8) is 0 Å². The summed E-state index contributed by atoms with van der Waals surface area (Å²) >= 11 is 0. The minimum absolute atomic E-state index is 0.512. The predicted molar refractivity (Wildman–Crippen MR) is 92.5 cm³/mol. The summed E-state index contributed by atoms with van der Waals surface area (Å²) in [6, 6.07) is 8.24. The topological polar surface area (TPSA) is 47.5 Å². The van der Waals surface area contributed by atoms with E-state index in [0.29, 0.717) is 12.5 Å². The molecule has 0 N–H and O–H groups in total. The van der Waals surface area contributed by atoms with Crippen LogP contribution in [0, 0.1) is 12.8 Å². The molecule has 1 atom stereocenters. The highest BCUT2D eigenvalue weighted by molar-refractivity contribution is 5.54. The molecule has 126 valence electrons. The third-order valence-corrected chi connectivity index (χ3v) is 4.87. The van der Waals surface area contributed by atoms with Crippen LogP contribution in [0.1, 0.15) is 29.1 Å². The van der Waals surface area contributed by atoms with Crippen LogP contribution in [0.3, 0.4) is 0 Å². The molecule has 0 amide bonds. The normalized spacial score (nSPS) is 19.4. The summed E-state index contributed by atoms with van der Waals surface area (Å²) in [7, 11) is 1.78. The van der Waals surface area contributed by atoms with Gasteiger partial charge in [0.25, 0.3) is 0 Å². The van der Waals surface area contributed by atoms with Crippen molar-refractivity contribution >= 4 is 5.82 Å². The fourth-order valence-electron chi connectivity index (χ4n) is 3.72. The molecule has 2 aliphatic rings. The summed E-state index contributed by atoms with van der Waals surface area (Å²) in [6.45, 7) is 5.32. The van der Waals surface area contributed by atoms with Crippen molar-refractivity contribution in [3.8, 4) is 5.75 Å². The highest BCUT2D eigenvalue weighted by atomic mass is 16.5. The number of para-hydroxylation sites is 1. The molecular weight excluding hydrogens is 302 g/mol. The lowest BCUT2D eigenvalue weighted by Gasteiger charge is -2.22. The fourth-order valence-corrected chi connectivity index (χ4v) is 3.72. The molecule has 0 bridgehead atoms. The Hall–Kier alpha value is -2.14. The minimum atomic E-state index is 0.512. The molecule has 1 aromatic heterocycles. The van der Waals surface area contributed by atoms with Crippen LogP contribution in [0.2, 0.25) is 0 Å². The van der Waals surface area contributed by atoms with Crippen LogP contribution in [0.25, 0.3) is 0 Å². The summed E-state index contributed by atoms with van der Waals surface area (Å²) in [4.78, 5) is 11.8. The first-order chi connectivity index (χ1) is 11.7. The number of anilines is 1. The van der Waals surface area contributed by atoms with Gasteiger partial charge in [0.1, 0.15) is 24.0 Å². The van der Waals surface area contributed by atoms with Gasteiger partial charge in [-0.05, 0) is 25.0 Å². The lowest BCUT2D eigenvalue weighted by Crippen LogP contribution is -2.25. The predicted octanol–water partition coefficient (Wildman–Crippen LogP) is 2.74. The van der Waals surface area contributed by atoms with Gasteiger partial charge in [0, 0.05) is 38.1 Å². The number of ether oxygens (including phenoxy) is 2. The Balaban J connectivity index is 1.71. The second-order valence-corrected chi connectivity index (χ2v) is 6.65. The fraction of sp³-hybridized carbons (Fsp3) is 0.474. The van der Waals surface area contributed by atoms with E-state index >= 15 is 0 Å². The average Bonchev–Trinajstić information content (AvgIpc) is 2.96. The molecule has 5 nitrogen and oxygen atoms in total. The van der Waals surface area contributed by atoms with Gasteiger partial charge in [-0.25, -0.2) is 9.97 Å². The van der Waals surface area contributed by atoms with E-state index < -0.39 is 0 Å².